The van der Waals surface area contributed by atoms with Gasteiger partial charge in [0.2, 0.25) is 5.91 Å². The third-order valence-electron chi connectivity index (χ3n) is 1.71. The zero-order chi connectivity index (χ0) is 17.5. The number of amides is 1. The Morgan fingerprint density at radius 1 is 1.81 bits per heavy atom. The van der Waals surface area contributed by atoms with Crippen LogP contribution >= 0.6 is 0 Å². The maximum atomic E-state index is 11.3. The van der Waals surface area contributed by atoms with E-state index in [-0.39, 0.29) is 5.96 Å². The summed E-state index contributed by atoms with van der Waals surface area (Å²) in [6, 6.07) is -3.01. The van der Waals surface area contributed by atoms with E-state index in [2.05, 4.69) is 15.6 Å². The zero-order valence-electron chi connectivity index (χ0n) is 14.4. The van der Waals surface area contributed by atoms with Crippen molar-refractivity contribution in [3.63, 3.8) is 0 Å². The van der Waals surface area contributed by atoms with Gasteiger partial charge in [-0.3, -0.25) is 19.9 Å². The highest BCUT2D eigenvalue weighted by atomic mass is 16.4. The molecule has 1 unspecified atom stereocenters. The minimum absolute atomic E-state index is 0.369. The average molecular weight is 234 g/mol. The molecule has 7 nitrogen and oxygen atoms in total. The highest BCUT2D eigenvalue weighted by Gasteiger charge is 2.23. The molecule has 90 valence electrons. The number of rotatable bonds is 5. The number of hydrogen-bond acceptors (Lipinski definition) is 4. The summed E-state index contributed by atoms with van der Waals surface area (Å²) in [6.45, 7) is -1.73. The van der Waals surface area contributed by atoms with Gasteiger partial charge < -0.3 is 16.2 Å². The van der Waals surface area contributed by atoms with Gasteiger partial charge in [0.25, 0.3) is 0 Å². The van der Waals surface area contributed by atoms with Crippen molar-refractivity contribution in [1.82, 2.24) is 10.6 Å². The van der Waals surface area contributed by atoms with Crippen molar-refractivity contribution in [1.29, 1.82) is 0 Å². The van der Waals surface area contributed by atoms with Gasteiger partial charge in [0, 0.05) is 12.0 Å². The van der Waals surface area contributed by atoms with E-state index < -0.39 is 43.2 Å². The third-order valence-corrected chi connectivity index (χ3v) is 1.71. The van der Waals surface area contributed by atoms with Gasteiger partial charge in [0.1, 0.15) is 12.1 Å². The number of nitrogens with two attached hydrogens (primary N) is 1. The molecule has 0 aliphatic carbocycles. The van der Waals surface area contributed by atoms with Gasteiger partial charge in [-0.15, -0.1) is 0 Å². The number of hydrogen-bond donors (Lipinski definition) is 4. The molecule has 0 aromatic rings. The zero-order valence-corrected chi connectivity index (χ0v) is 8.44. The van der Waals surface area contributed by atoms with Crippen LogP contribution < -0.4 is 16.4 Å². The van der Waals surface area contributed by atoms with Gasteiger partial charge in [-0.1, -0.05) is 0 Å². The van der Waals surface area contributed by atoms with Gasteiger partial charge in [0.05, 0.1) is 2.74 Å². The van der Waals surface area contributed by atoms with Crippen molar-refractivity contribution < 1.29 is 22.9 Å². The van der Waals surface area contributed by atoms with Crippen molar-refractivity contribution >= 4 is 17.8 Å². The van der Waals surface area contributed by atoms with Crippen molar-refractivity contribution in [3.05, 3.63) is 0 Å². The monoisotopic (exact) mass is 234 g/mol. The lowest BCUT2D eigenvalue weighted by molar-refractivity contribution is -0.138. The first-order valence-corrected chi connectivity index (χ1v) is 4.39. The third kappa shape index (κ3) is 3.50. The molecule has 7 heteroatoms. The van der Waals surface area contributed by atoms with E-state index in [1.807, 2.05) is 0 Å². The summed E-state index contributed by atoms with van der Waals surface area (Å²) in [5.74, 6) is -2.70. The van der Waals surface area contributed by atoms with Gasteiger partial charge in [-0.2, -0.15) is 0 Å². The molecule has 1 fully saturated rings. The standard InChI is InChI=1S/C9H16N4O3/c1-5-7(14)13-9(12-5)11-4-2-3-6(10)8(15)16/h5-6H,2-4,10H2,1H3,(H,15,16)(H2,11,12,13,14)/t5?,6-/m0/s1/i2D2,3D2,4D2. The maximum absolute atomic E-state index is 11.3. The lowest BCUT2D eigenvalue weighted by Gasteiger charge is -2.04. The number of carbonyl (C=O) groups excluding carboxylic acids is 1. The predicted molar refractivity (Wildman–Crippen MR) is 57.9 cm³/mol. The van der Waals surface area contributed by atoms with E-state index in [1.54, 1.807) is 0 Å². The van der Waals surface area contributed by atoms with Crippen LogP contribution in [0.2, 0.25) is 0 Å². The second-order valence-corrected chi connectivity index (χ2v) is 3.01. The first kappa shape index (κ1) is 6.19. The van der Waals surface area contributed by atoms with Crippen molar-refractivity contribution in [2.75, 3.05) is 6.50 Å². The van der Waals surface area contributed by atoms with Crippen LogP contribution in [0.4, 0.5) is 0 Å². The first-order valence-electron chi connectivity index (χ1n) is 7.39. The lowest BCUT2D eigenvalue weighted by atomic mass is 10.2. The topological polar surface area (TPSA) is 117 Å². The summed E-state index contributed by atoms with van der Waals surface area (Å²) >= 11 is 0. The molecule has 2 atom stereocenters. The van der Waals surface area contributed by atoms with Crippen LogP contribution in [0, 0.1) is 0 Å². The molecular weight excluding hydrogens is 212 g/mol. The highest BCUT2D eigenvalue weighted by Crippen LogP contribution is 1.97. The molecule has 0 aromatic carbocycles. The number of aliphatic carboxylic acids is 1. The average Bonchev–Trinajstić information content (AvgIpc) is 2.65. The number of guanidine groups is 1. The molecule has 0 spiro atoms. The first-order chi connectivity index (χ1) is 9.74. The molecule has 1 heterocycles. The summed E-state index contributed by atoms with van der Waals surface area (Å²) in [7, 11) is 0. The van der Waals surface area contributed by atoms with Crippen LogP contribution in [0.5, 0.6) is 0 Å². The van der Waals surface area contributed by atoms with Gasteiger partial charge in [-0.05, 0) is 19.7 Å². The molecular formula is C9H16N4O3. The van der Waals surface area contributed by atoms with E-state index in [4.69, 9.17) is 19.1 Å². The van der Waals surface area contributed by atoms with Crippen LogP contribution in [0.3, 0.4) is 0 Å². The molecule has 1 aliphatic heterocycles. The number of nitrogens with one attached hydrogen (secondary N) is 2. The molecule has 0 radical (unpaired) electrons. The fourth-order valence-electron chi connectivity index (χ4n) is 0.848. The van der Waals surface area contributed by atoms with Crippen LogP contribution in [-0.4, -0.2) is 41.5 Å². The Balaban J connectivity index is 3.17. The number of aliphatic imine (C=N–C) groups is 1. The second-order valence-electron chi connectivity index (χ2n) is 3.01. The van der Waals surface area contributed by atoms with E-state index in [9.17, 15) is 9.59 Å². The molecule has 0 aromatic heterocycles. The number of carboxylic acid groups (broad SMARTS) is 1. The Morgan fingerprint density at radius 2 is 2.50 bits per heavy atom. The second kappa shape index (κ2) is 5.45. The van der Waals surface area contributed by atoms with Crippen molar-refractivity contribution in [2.45, 2.75) is 31.8 Å². The molecule has 1 amide bonds. The van der Waals surface area contributed by atoms with Gasteiger partial charge in [0.15, 0.2) is 5.96 Å². The maximum Gasteiger partial charge on any atom is 0.320 e. The van der Waals surface area contributed by atoms with Crippen molar-refractivity contribution in [2.24, 2.45) is 10.7 Å². The van der Waals surface area contributed by atoms with Gasteiger partial charge >= 0.3 is 5.97 Å². The summed E-state index contributed by atoms with van der Waals surface area (Å²) < 4.78 is 45.7. The summed E-state index contributed by atoms with van der Waals surface area (Å²) in [4.78, 5) is 25.4. The molecule has 1 saturated heterocycles. The summed E-state index contributed by atoms with van der Waals surface area (Å²) in [6.07, 6.45) is -6.65. The minimum Gasteiger partial charge on any atom is -0.480 e. The molecule has 0 bridgehead atoms. The number of carbonyl (C=O) groups is 2. The van der Waals surface area contributed by atoms with E-state index in [0.717, 1.165) is 0 Å². The minimum atomic E-state index is -3.39. The Hall–Kier alpha value is -1.63. The van der Waals surface area contributed by atoms with E-state index >= 15 is 0 Å². The Kier molecular flexibility index (Phi) is 2.11. The molecule has 16 heavy (non-hydrogen) atoms. The van der Waals surface area contributed by atoms with Crippen LogP contribution in [-0.2, 0) is 9.59 Å². The summed E-state index contributed by atoms with van der Waals surface area (Å²) in [5, 5.41) is 13.3. The van der Waals surface area contributed by atoms with Crippen LogP contribution in [0.25, 0.3) is 0 Å². The fourth-order valence-corrected chi connectivity index (χ4v) is 0.848. The Morgan fingerprint density at radius 3 is 3.00 bits per heavy atom. The van der Waals surface area contributed by atoms with Crippen LogP contribution in [0.1, 0.15) is 27.9 Å². The molecule has 1 aliphatic rings. The Labute approximate surface area is 102 Å². The largest absolute Gasteiger partial charge is 0.480 e. The van der Waals surface area contributed by atoms with Gasteiger partial charge in [-0.25, -0.2) is 0 Å². The number of carboxylic acids is 1. The van der Waals surface area contributed by atoms with Crippen molar-refractivity contribution in [3.8, 4) is 0 Å². The smallest absolute Gasteiger partial charge is 0.320 e. The molecule has 0 saturated carbocycles. The number of nitrogens with zero attached hydrogens (tertiary/aromatic N) is 1. The van der Waals surface area contributed by atoms with E-state index in [0.29, 0.717) is 0 Å². The highest BCUT2D eigenvalue weighted by molar-refractivity contribution is 6.06. The normalized spacial score (nSPS) is 32.2. The Bertz CT molecular complexity index is 523. The SMILES string of the molecule is [2H]C([2H])(N=C1NC(=O)C(C)N1)C([2H])([2H])C([2H])([2H])[C@H](N)C(=O)O. The predicted octanol–water partition coefficient (Wildman–Crippen LogP) is -1.36. The van der Waals surface area contributed by atoms with E-state index in [1.165, 1.54) is 6.92 Å². The quantitative estimate of drug-likeness (QED) is 0.469. The molecule has 1 rings (SSSR count). The fraction of sp³-hybridized carbons (Fsp3) is 0.667. The summed E-state index contributed by atoms with van der Waals surface area (Å²) in [5.41, 5.74) is 5.11. The van der Waals surface area contributed by atoms with Crippen LogP contribution in [0.15, 0.2) is 4.99 Å². The molecule has 5 N–H and O–H groups in total. The lowest BCUT2D eigenvalue weighted by Crippen LogP contribution is -2.30.